The van der Waals surface area contributed by atoms with Crippen molar-refractivity contribution in [2.24, 2.45) is 5.41 Å². The highest BCUT2D eigenvalue weighted by atomic mass is 19.1. The highest BCUT2D eigenvalue weighted by molar-refractivity contribution is 5.50. The Morgan fingerprint density at radius 3 is 2.95 bits per heavy atom. The molecule has 0 bridgehead atoms. The molecule has 1 N–H and O–H groups in total. The molecule has 0 amide bonds. The van der Waals surface area contributed by atoms with Gasteiger partial charge in [0.2, 0.25) is 0 Å². The molecule has 0 saturated carbocycles. The molecule has 2 saturated heterocycles. The van der Waals surface area contributed by atoms with Crippen LogP contribution in [0.3, 0.4) is 0 Å². The van der Waals surface area contributed by atoms with Crippen molar-refractivity contribution in [2.75, 3.05) is 32.7 Å². The first-order valence-electron chi connectivity index (χ1n) is 7.22. The van der Waals surface area contributed by atoms with Crippen LogP contribution in [0.5, 0.6) is 0 Å². The molecule has 4 heteroatoms. The number of halogens is 2. The van der Waals surface area contributed by atoms with Crippen LogP contribution in [-0.4, -0.2) is 37.6 Å². The zero-order chi connectivity index (χ0) is 14.0. The van der Waals surface area contributed by atoms with Crippen LogP contribution in [0.2, 0.25) is 0 Å². The van der Waals surface area contributed by atoms with Gasteiger partial charge in [0, 0.05) is 31.3 Å². The summed E-state index contributed by atoms with van der Waals surface area (Å²) in [5.74, 6) is -1.03. The first-order chi connectivity index (χ1) is 9.67. The van der Waals surface area contributed by atoms with Crippen molar-refractivity contribution in [1.82, 2.24) is 10.2 Å². The summed E-state index contributed by atoms with van der Waals surface area (Å²) in [6, 6.07) is 3.69. The third-order valence-electron chi connectivity index (χ3n) is 4.47. The summed E-state index contributed by atoms with van der Waals surface area (Å²) in [4.78, 5) is 2.41. The van der Waals surface area contributed by atoms with Crippen LogP contribution in [0.4, 0.5) is 8.78 Å². The van der Waals surface area contributed by atoms with Crippen LogP contribution >= 0.6 is 0 Å². The molecular weight excluding hydrogens is 258 g/mol. The molecule has 2 fully saturated rings. The van der Waals surface area contributed by atoms with Gasteiger partial charge in [-0.25, -0.2) is 8.78 Å². The van der Waals surface area contributed by atoms with Crippen molar-refractivity contribution in [3.05, 3.63) is 41.5 Å². The first-order valence-corrected chi connectivity index (χ1v) is 7.22. The van der Waals surface area contributed by atoms with Gasteiger partial charge in [0.25, 0.3) is 0 Å². The maximum atomic E-state index is 13.5. The smallest absolute Gasteiger partial charge is 0.133 e. The topological polar surface area (TPSA) is 15.3 Å². The number of likely N-dealkylation sites (tertiary alicyclic amines) is 1. The van der Waals surface area contributed by atoms with Crippen molar-refractivity contribution in [2.45, 2.75) is 12.8 Å². The van der Waals surface area contributed by atoms with E-state index in [9.17, 15) is 8.78 Å². The van der Waals surface area contributed by atoms with Crippen LogP contribution in [0, 0.1) is 17.0 Å². The Balaban J connectivity index is 1.56. The van der Waals surface area contributed by atoms with Crippen molar-refractivity contribution < 1.29 is 8.78 Å². The maximum absolute atomic E-state index is 13.5. The second-order valence-electron chi connectivity index (χ2n) is 5.98. The van der Waals surface area contributed by atoms with E-state index in [0.29, 0.717) is 11.0 Å². The third kappa shape index (κ3) is 2.91. The lowest BCUT2D eigenvalue weighted by Gasteiger charge is -2.22. The van der Waals surface area contributed by atoms with E-state index >= 15 is 0 Å². The van der Waals surface area contributed by atoms with E-state index in [0.717, 1.165) is 38.8 Å². The van der Waals surface area contributed by atoms with Gasteiger partial charge >= 0.3 is 0 Å². The molecule has 0 aromatic heterocycles. The van der Waals surface area contributed by atoms with E-state index < -0.39 is 11.6 Å². The molecule has 2 heterocycles. The van der Waals surface area contributed by atoms with Crippen LogP contribution in [0.25, 0.3) is 6.08 Å². The van der Waals surface area contributed by atoms with Gasteiger partial charge in [0.05, 0.1) is 0 Å². The number of hydrogen-bond acceptors (Lipinski definition) is 2. The summed E-state index contributed by atoms with van der Waals surface area (Å²) >= 11 is 0. The Kier molecular flexibility index (Phi) is 3.85. The number of nitrogens with one attached hydrogen (secondary N) is 1. The average molecular weight is 278 g/mol. The van der Waals surface area contributed by atoms with Crippen LogP contribution in [0.1, 0.15) is 18.4 Å². The number of benzene rings is 1. The lowest BCUT2D eigenvalue weighted by atomic mass is 9.87. The molecule has 1 aromatic rings. The van der Waals surface area contributed by atoms with Gasteiger partial charge in [-0.2, -0.15) is 0 Å². The van der Waals surface area contributed by atoms with Gasteiger partial charge < -0.3 is 5.32 Å². The summed E-state index contributed by atoms with van der Waals surface area (Å²) in [6.07, 6.45) is 6.23. The maximum Gasteiger partial charge on any atom is 0.133 e. The fourth-order valence-corrected chi connectivity index (χ4v) is 3.29. The monoisotopic (exact) mass is 278 g/mol. The number of nitrogens with zero attached hydrogens (tertiary/aromatic N) is 1. The standard InChI is InChI=1S/C16H20F2N2/c17-14-4-3-13(15(18)10-14)2-1-8-20-9-6-16(12-20)5-7-19-11-16/h1-4,10,19H,5-9,11-12H2/b2-1+. The first kappa shape index (κ1) is 13.7. The zero-order valence-corrected chi connectivity index (χ0v) is 11.5. The lowest BCUT2D eigenvalue weighted by molar-refractivity contribution is 0.293. The van der Waals surface area contributed by atoms with Crippen molar-refractivity contribution >= 4 is 6.08 Å². The Bertz CT molecular complexity index is 507. The summed E-state index contributed by atoms with van der Waals surface area (Å²) in [5.41, 5.74) is 0.914. The van der Waals surface area contributed by atoms with Crippen LogP contribution in [0.15, 0.2) is 24.3 Å². The van der Waals surface area contributed by atoms with Gasteiger partial charge in [-0.3, -0.25) is 4.90 Å². The van der Waals surface area contributed by atoms with Crippen LogP contribution in [-0.2, 0) is 0 Å². The van der Waals surface area contributed by atoms with Gasteiger partial charge in [0.1, 0.15) is 11.6 Å². The molecule has 1 atom stereocenters. The molecule has 0 aliphatic carbocycles. The summed E-state index contributed by atoms with van der Waals surface area (Å²) < 4.78 is 26.3. The van der Waals surface area contributed by atoms with Gasteiger partial charge in [0.15, 0.2) is 0 Å². The minimum Gasteiger partial charge on any atom is -0.316 e. The Morgan fingerprint density at radius 1 is 1.30 bits per heavy atom. The molecule has 3 rings (SSSR count). The van der Waals surface area contributed by atoms with E-state index in [-0.39, 0.29) is 0 Å². The van der Waals surface area contributed by atoms with Gasteiger partial charge in [-0.15, -0.1) is 0 Å². The SMILES string of the molecule is Fc1ccc(/C=C/CN2CCC3(CCNC3)C2)c(F)c1. The molecule has 1 spiro atoms. The van der Waals surface area contributed by atoms with E-state index in [1.54, 1.807) is 6.08 Å². The predicted octanol–water partition coefficient (Wildman–Crippen LogP) is 2.66. The minimum atomic E-state index is -0.533. The molecule has 20 heavy (non-hydrogen) atoms. The Morgan fingerprint density at radius 2 is 2.20 bits per heavy atom. The van der Waals surface area contributed by atoms with E-state index in [2.05, 4.69) is 10.2 Å². The third-order valence-corrected chi connectivity index (χ3v) is 4.47. The molecule has 0 radical (unpaired) electrons. The van der Waals surface area contributed by atoms with Crippen molar-refractivity contribution in [3.63, 3.8) is 0 Å². The minimum absolute atomic E-state index is 0.447. The molecule has 2 aliphatic heterocycles. The molecule has 2 nitrogen and oxygen atoms in total. The van der Waals surface area contributed by atoms with E-state index in [1.807, 2.05) is 6.08 Å². The molecule has 2 aliphatic rings. The summed E-state index contributed by atoms with van der Waals surface area (Å²) in [7, 11) is 0. The lowest BCUT2D eigenvalue weighted by Crippen LogP contribution is -2.29. The fourth-order valence-electron chi connectivity index (χ4n) is 3.29. The quantitative estimate of drug-likeness (QED) is 0.914. The fraction of sp³-hybridized carbons (Fsp3) is 0.500. The highest BCUT2D eigenvalue weighted by Gasteiger charge is 2.39. The Labute approximate surface area is 118 Å². The summed E-state index contributed by atoms with van der Waals surface area (Å²) in [5, 5.41) is 3.44. The molecular formula is C16H20F2N2. The second kappa shape index (κ2) is 5.62. The number of rotatable bonds is 3. The van der Waals surface area contributed by atoms with Crippen LogP contribution < -0.4 is 5.32 Å². The van der Waals surface area contributed by atoms with E-state index in [4.69, 9.17) is 0 Å². The highest BCUT2D eigenvalue weighted by Crippen LogP contribution is 2.35. The van der Waals surface area contributed by atoms with Gasteiger partial charge in [-0.1, -0.05) is 12.2 Å². The predicted molar refractivity (Wildman–Crippen MR) is 76.4 cm³/mol. The van der Waals surface area contributed by atoms with E-state index in [1.165, 1.54) is 25.0 Å². The summed E-state index contributed by atoms with van der Waals surface area (Å²) in [6.45, 7) is 5.32. The molecule has 1 aromatic carbocycles. The second-order valence-corrected chi connectivity index (χ2v) is 5.98. The average Bonchev–Trinajstić information content (AvgIpc) is 3.03. The van der Waals surface area contributed by atoms with Crippen molar-refractivity contribution in [1.29, 1.82) is 0 Å². The van der Waals surface area contributed by atoms with Crippen molar-refractivity contribution in [3.8, 4) is 0 Å². The molecule has 1 unspecified atom stereocenters. The van der Waals surface area contributed by atoms with Gasteiger partial charge in [-0.05, 0) is 43.5 Å². The largest absolute Gasteiger partial charge is 0.316 e. The Hall–Kier alpha value is -1.26. The zero-order valence-electron chi connectivity index (χ0n) is 11.5. The molecule has 108 valence electrons. The normalized spacial score (nSPS) is 27.1. The number of hydrogen-bond donors (Lipinski definition) is 1.